The Balaban J connectivity index is 1.65. The molecule has 7 heteroatoms. The molecular formula is C16H11BrN2O3S. The van der Waals surface area contributed by atoms with Crippen LogP contribution >= 0.6 is 27.3 Å². The topological polar surface area (TPSA) is 68.3 Å². The van der Waals surface area contributed by atoms with Crippen LogP contribution in [0.15, 0.2) is 52.4 Å². The standard InChI is InChI=1S/C16H11BrN2O3S/c17-13-8-18-16(23-13)19-14(20)9-22-15(21)12-7-3-5-10-4-1-2-6-11(10)12/h1-8H,9H2,(H,18,19,20). The smallest absolute Gasteiger partial charge is 0.339 e. The van der Waals surface area contributed by atoms with Crippen molar-refractivity contribution in [3.05, 3.63) is 58.0 Å². The van der Waals surface area contributed by atoms with Gasteiger partial charge >= 0.3 is 5.97 Å². The predicted octanol–water partition coefficient (Wildman–Crippen LogP) is 3.85. The number of aromatic nitrogens is 1. The molecule has 3 aromatic rings. The molecule has 5 nitrogen and oxygen atoms in total. The van der Waals surface area contributed by atoms with E-state index in [9.17, 15) is 9.59 Å². The van der Waals surface area contributed by atoms with Gasteiger partial charge in [0.1, 0.15) is 0 Å². The van der Waals surface area contributed by atoms with Gasteiger partial charge in [0, 0.05) is 0 Å². The average Bonchev–Trinajstić information content (AvgIpc) is 2.97. The summed E-state index contributed by atoms with van der Waals surface area (Å²) in [5.41, 5.74) is 0.438. The lowest BCUT2D eigenvalue weighted by atomic mass is 10.1. The van der Waals surface area contributed by atoms with Crippen molar-refractivity contribution in [2.45, 2.75) is 0 Å². The molecule has 1 N–H and O–H groups in total. The SMILES string of the molecule is O=C(COC(=O)c1cccc2ccccc12)Nc1ncc(Br)s1. The van der Waals surface area contributed by atoms with Crippen LogP contribution in [-0.2, 0) is 9.53 Å². The number of nitrogens with one attached hydrogen (secondary N) is 1. The lowest BCUT2D eigenvalue weighted by Gasteiger charge is -2.07. The minimum Gasteiger partial charge on any atom is -0.452 e. The Morgan fingerprint density at radius 3 is 2.74 bits per heavy atom. The van der Waals surface area contributed by atoms with Crippen molar-refractivity contribution in [1.29, 1.82) is 0 Å². The predicted molar refractivity (Wildman–Crippen MR) is 92.7 cm³/mol. The fraction of sp³-hybridized carbons (Fsp3) is 0.0625. The van der Waals surface area contributed by atoms with E-state index >= 15 is 0 Å². The fourth-order valence-electron chi connectivity index (χ4n) is 2.08. The van der Waals surface area contributed by atoms with Crippen molar-refractivity contribution in [3.8, 4) is 0 Å². The minimum atomic E-state index is -0.530. The summed E-state index contributed by atoms with van der Waals surface area (Å²) in [6, 6.07) is 12.9. The van der Waals surface area contributed by atoms with Crippen LogP contribution < -0.4 is 5.32 Å². The number of carbonyl (C=O) groups is 2. The number of anilines is 1. The number of thiazole rings is 1. The highest BCUT2D eigenvalue weighted by atomic mass is 79.9. The number of ether oxygens (including phenoxy) is 1. The molecule has 0 saturated carbocycles. The summed E-state index contributed by atoms with van der Waals surface area (Å²) in [5.74, 6) is -0.960. The quantitative estimate of drug-likeness (QED) is 0.686. The molecule has 23 heavy (non-hydrogen) atoms. The van der Waals surface area contributed by atoms with Crippen LogP contribution in [0.2, 0.25) is 0 Å². The number of amides is 1. The second-order valence-electron chi connectivity index (χ2n) is 4.62. The number of nitrogens with zero attached hydrogens (tertiary/aromatic N) is 1. The molecule has 3 rings (SSSR count). The van der Waals surface area contributed by atoms with E-state index in [-0.39, 0.29) is 6.61 Å². The summed E-state index contributed by atoms with van der Waals surface area (Å²) in [5, 5.41) is 4.75. The summed E-state index contributed by atoms with van der Waals surface area (Å²) in [6.45, 7) is -0.362. The number of benzene rings is 2. The van der Waals surface area contributed by atoms with Crippen molar-refractivity contribution < 1.29 is 14.3 Å². The summed E-state index contributed by atoms with van der Waals surface area (Å²) >= 11 is 4.54. The molecule has 1 aromatic heterocycles. The van der Waals surface area contributed by atoms with Gasteiger partial charge in [0.25, 0.3) is 5.91 Å². The van der Waals surface area contributed by atoms with Crippen LogP contribution in [0.1, 0.15) is 10.4 Å². The zero-order chi connectivity index (χ0) is 16.2. The molecule has 0 aliphatic rings. The van der Waals surface area contributed by atoms with Crippen LogP contribution in [0.3, 0.4) is 0 Å². The Morgan fingerprint density at radius 2 is 1.96 bits per heavy atom. The van der Waals surface area contributed by atoms with Crippen LogP contribution in [0.25, 0.3) is 10.8 Å². The van der Waals surface area contributed by atoms with Crippen LogP contribution in [0.5, 0.6) is 0 Å². The van der Waals surface area contributed by atoms with Crippen LogP contribution in [0.4, 0.5) is 5.13 Å². The summed E-state index contributed by atoms with van der Waals surface area (Å²) in [6.07, 6.45) is 1.59. The number of esters is 1. The maximum Gasteiger partial charge on any atom is 0.339 e. The van der Waals surface area contributed by atoms with Gasteiger partial charge in [-0.3, -0.25) is 10.1 Å². The fourth-order valence-corrected chi connectivity index (χ4v) is 3.20. The monoisotopic (exact) mass is 390 g/mol. The molecule has 1 heterocycles. The maximum absolute atomic E-state index is 12.2. The first-order chi connectivity index (χ1) is 11.1. The number of carbonyl (C=O) groups excluding carboxylic acids is 2. The van der Waals surface area contributed by atoms with E-state index in [1.165, 1.54) is 11.3 Å². The first-order valence-corrected chi connectivity index (χ1v) is 8.30. The minimum absolute atomic E-state index is 0.362. The third kappa shape index (κ3) is 3.75. The normalized spacial score (nSPS) is 10.5. The second kappa shape index (κ2) is 6.89. The van der Waals surface area contributed by atoms with E-state index in [0.29, 0.717) is 10.7 Å². The summed E-state index contributed by atoms with van der Waals surface area (Å²) < 4.78 is 5.90. The first-order valence-electron chi connectivity index (χ1n) is 6.69. The molecule has 0 radical (unpaired) electrons. The lowest BCUT2D eigenvalue weighted by molar-refractivity contribution is -0.119. The van der Waals surface area contributed by atoms with Crippen molar-refractivity contribution in [2.24, 2.45) is 0 Å². The van der Waals surface area contributed by atoms with Gasteiger partial charge in [-0.15, -0.1) is 0 Å². The molecule has 0 unspecified atom stereocenters. The van der Waals surface area contributed by atoms with Gasteiger partial charge in [-0.1, -0.05) is 47.7 Å². The highest BCUT2D eigenvalue weighted by Gasteiger charge is 2.13. The van der Waals surface area contributed by atoms with Gasteiger partial charge in [-0.05, 0) is 32.8 Å². The lowest BCUT2D eigenvalue weighted by Crippen LogP contribution is -2.20. The van der Waals surface area contributed by atoms with Crippen molar-refractivity contribution in [1.82, 2.24) is 4.98 Å². The van der Waals surface area contributed by atoms with Gasteiger partial charge in [0.2, 0.25) is 0 Å². The molecule has 0 saturated heterocycles. The van der Waals surface area contributed by atoms with Crippen molar-refractivity contribution in [2.75, 3.05) is 11.9 Å². The Labute approximate surface area is 144 Å². The highest BCUT2D eigenvalue weighted by Crippen LogP contribution is 2.23. The zero-order valence-corrected chi connectivity index (χ0v) is 14.2. The number of rotatable bonds is 4. The third-order valence-electron chi connectivity index (χ3n) is 3.07. The van der Waals surface area contributed by atoms with E-state index in [4.69, 9.17) is 4.74 Å². The zero-order valence-electron chi connectivity index (χ0n) is 11.8. The Morgan fingerprint density at radius 1 is 1.17 bits per heavy atom. The average molecular weight is 391 g/mol. The van der Waals surface area contributed by atoms with E-state index in [1.807, 2.05) is 30.3 Å². The molecule has 0 aliphatic heterocycles. The molecule has 0 bridgehead atoms. The third-order valence-corrected chi connectivity index (χ3v) is 4.46. The molecule has 1 amide bonds. The first kappa shape index (κ1) is 15.6. The number of hydrogen-bond acceptors (Lipinski definition) is 5. The molecule has 0 fully saturated rings. The maximum atomic E-state index is 12.2. The van der Waals surface area contributed by atoms with Crippen LogP contribution in [0, 0.1) is 0 Å². The van der Waals surface area contributed by atoms with E-state index in [1.54, 1.807) is 18.3 Å². The summed E-state index contributed by atoms with van der Waals surface area (Å²) in [4.78, 5) is 28.0. The second-order valence-corrected chi connectivity index (χ2v) is 7.03. The molecule has 2 aromatic carbocycles. The Bertz CT molecular complexity index is 873. The van der Waals surface area contributed by atoms with E-state index < -0.39 is 11.9 Å². The number of hydrogen-bond donors (Lipinski definition) is 1. The Kier molecular flexibility index (Phi) is 4.68. The molecule has 0 spiro atoms. The molecule has 0 atom stereocenters. The summed E-state index contributed by atoms with van der Waals surface area (Å²) in [7, 11) is 0. The Hall–Kier alpha value is -2.25. The van der Waals surface area contributed by atoms with Gasteiger partial charge in [0.15, 0.2) is 11.7 Å². The van der Waals surface area contributed by atoms with Crippen molar-refractivity contribution in [3.63, 3.8) is 0 Å². The highest BCUT2D eigenvalue weighted by molar-refractivity contribution is 9.11. The van der Waals surface area contributed by atoms with Crippen molar-refractivity contribution >= 4 is 55.0 Å². The van der Waals surface area contributed by atoms with Gasteiger partial charge in [-0.25, -0.2) is 9.78 Å². The van der Waals surface area contributed by atoms with Gasteiger partial charge in [0.05, 0.1) is 15.5 Å². The van der Waals surface area contributed by atoms with E-state index in [2.05, 4.69) is 26.2 Å². The van der Waals surface area contributed by atoms with Gasteiger partial charge in [-0.2, -0.15) is 0 Å². The van der Waals surface area contributed by atoms with Gasteiger partial charge < -0.3 is 4.74 Å². The number of fused-ring (bicyclic) bond motifs is 1. The van der Waals surface area contributed by atoms with Crippen LogP contribution in [-0.4, -0.2) is 23.5 Å². The van der Waals surface area contributed by atoms with E-state index in [0.717, 1.165) is 14.6 Å². The largest absolute Gasteiger partial charge is 0.452 e. The number of halogens is 1. The molecular weight excluding hydrogens is 380 g/mol. The molecule has 116 valence electrons. The molecule has 0 aliphatic carbocycles.